The quantitative estimate of drug-likeness (QED) is 0.465. The van der Waals surface area contributed by atoms with Gasteiger partial charge in [0.15, 0.2) is 0 Å². The van der Waals surface area contributed by atoms with Crippen LogP contribution in [0.2, 0.25) is 0 Å². The second kappa shape index (κ2) is 4.96. The monoisotopic (exact) mass is 168 g/mol. The zero-order chi connectivity index (χ0) is 8.81. The number of hydrogen-bond donors (Lipinski definition) is 0. The molecule has 0 N–H and O–H groups in total. The van der Waals surface area contributed by atoms with E-state index in [-0.39, 0.29) is 5.97 Å². The number of carbonyl (C=O) groups excluding carboxylic acids is 1. The van der Waals surface area contributed by atoms with Gasteiger partial charge in [0, 0.05) is 6.08 Å². The third kappa shape index (κ3) is 4.16. The highest BCUT2D eigenvalue weighted by atomic mass is 16.5. The highest BCUT2D eigenvalue weighted by Crippen LogP contribution is 2.33. The van der Waals surface area contributed by atoms with Crippen LogP contribution in [0.5, 0.6) is 0 Å². The Hall–Kier alpha value is -0.790. The molecule has 2 nitrogen and oxygen atoms in total. The van der Waals surface area contributed by atoms with Crippen molar-refractivity contribution in [3.05, 3.63) is 12.2 Å². The summed E-state index contributed by atoms with van der Waals surface area (Å²) >= 11 is 0. The van der Waals surface area contributed by atoms with E-state index >= 15 is 0 Å². The van der Waals surface area contributed by atoms with E-state index < -0.39 is 0 Å². The van der Waals surface area contributed by atoms with Gasteiger partial charge in [0.05, 0.1) is 6.61 Å². The minimum Gasteiger partial charge on any atom is -0.463 e. The fourth-order valence-corrected chi connectivity index (χ4v) is 1.11. The lowest BCUT2D eigenvalue weighted by atomic mass is 10.2. The Kier molecular flexibility index (Phi) is 3.85. The molecule has 0 radical (unpaired) electrons. The lowest BCUT2D eigenvalue weighted by Gasteiger charge is -1.94. The highest BCUT2D eigenvalue weighted by Gasteiger charge is 2.19. The Morgan fingerprint density at radius 1 is 1.58 bits per heavy atom. The fourth-order valence-electron chi connectivity index (χ4n) is 1.11. The largest absolute Gasteiger partial charge is 0.463 e. The summed E-state index contributed by atoms with van der Waals surface area (Å²) in [6.45, 7) is 2.28. The van der Waals surface area contributed by atoms with Crippen LogP contribution < -0.4 is 0 Å². The first-order valence-electron chi connectivity index (χ1n) is 4.66. The van der Waals surface area contributed by atoms with Crippen molar-refractivity contribution in [2.45, 2.75) is 32.6 Å². The number of allylic oxidation sites excluding steroid dienone is 1. The summed E-state index contributed by atoms with van der Waals surface area (Å²) in [6.07, 6.45) is 8.46. The maximum atomic E-state index is 10.8. The van der Waals surface area contributed by atoms with E-state index in [1.807, 2.05) is 13.0 Å². The number of rotatable bonds is 5. The van der Waals surface area contributed by atoms with E-state index in [0.29, 0.717) is 6.61 Å². The van der Waals surface area contributed by atoms with E-state index in [2.05, 4.69) is 0 Å². The molecule has 0 saturated heterocycles. The SMILES string of the molecule is CCOC(=O)/C=C/CCC1CC1. The molecule has 68 valence electrons. The van der Waals surface area contributed by atoms with Gasteiger partial charge >= 0.3 is 5.97 Å². The standard InChI is InChI=1S/C10H16O2/c1-2-12-10(11)6-4-3-5-9-7-8-9/h4,6,9H,2-3,5,7-8H2,1H3/b6-4+. The van der Waals surface area contributed by atoms with E-state index in [1.165, 1.54) is 25.3 Å². The van der Waals surface area contributed by atoms with Crippen LogP contribution >= 0.6 is 0 Å². The molecular weight excluding hydrogens is 152 g/mol. The zero-order valence-electron chi connectivity index (χ0n) is 7.58. The second-order valence-corrected chi connectivity index (χ2v) is 3.18. The minimum atomic E-state index is -0.215. The van der Waals surface area contributed by atoms with Crippen molar-refractivity contribution in [2.75, 3.05) is 6.61 Å². The Labute approximate surface area is 73.6 Å². The van der Waals surface area contributed by atoms with Gasteiger partial charge in [0.1, 0.15) is 0 Å². The van der Waals surface area contributed by atoms with Gasteiger partial charge in [0.25, 0.3) is 0 Å². The molecule has 0 aromatic rings. The lowest BCUT2D eigenvalue weighted by Crippen LogP contribution is -1.98. The molecule has 1 saturated carbocycles. The van der Waals surface area contributed by atoms with Crippen LogP contribution in [-0.4, -0.2) is 12.6 Å². The van der Waals surface area contributed by atoms with Gasteiger partial charge in [-0.3, -0.25) is 0 Å². The van der Waals surface area contributed by atoms with Gasteiger partial charge in [-0.15, -0.1) is 0 Å². The molecular formula is C10H16O2. The molecule has 0 aromatic heterocycles. The number of esters is 1. The van der Waals surface area contributed by atoms with Gasteiger partial charge in [0.2, 0.25) is 0 Å². The van der Waals surface area contributed by atoms with Crippen molar-refractivity contribution >= 4 is 5.97 Å². The second-order valence-electron chi connectivity index (χ2n) is 3.18. The Bertz CT molecular complexity index is 169. The fraction of sp³-hybridized carbons (Fsp3) is 0.700. The molecule has 2 heteroatoms. The minimum absolute atomic E-state index is 0.215. The number of carbonyl (C=O) groups is 1. The van der Waals surface area contributed by atoms with Gasteiger partial charge in [-0.2, -0.15) is 0 Å². The van der Waals surface area contributed by atoms with Gasteiger partial charge in [-0.05, 0) is 25.7 Å². The molecule has 1 fully saturated rings. The molecule has 0 heterocycles. The molecule has 0 spiro atoms. The Morgan fingerprint density at radius 2 is 2.33 bits per heavy atom. The van der Waals surface area contributed by atoms with E-state index in [1.54, 1.807) is 0 Å². The maximum Gasteiger partial charge on any atom is 0.330 e. The summed E-state index contributed by atoms with van der Waals surface area (Å²) < 4.78 is 4.74. The van der Waals surface area contributed by atoms with Crippen molar-refractivity contribution in [3.63, 3.8) is 0 Å². The topological polar surface area (TPSA) is 26.3 Å². The van der Waals surface area contributed by atoms with E-state index in [9.17, 15) is 4.79 Å². The average molecular weight is 168 g/mol. The summed E-state index contributed by atoms with van der Waals surface area (Å²) in [6, 6.07) is 0. The molecule has 0 amide bonds. The van der Waals surface area contributed by atoms with Crippen molar-refractivity contribution in [3.8, 4) is 0 Å². The van der Waals surface area contributed by atoms with E-state index in [0.717, 1.165) is 12.3 Å². The molecule has 0 atom stereocenters. The summed E-state index contributed by atoms with van der Waals surface area (Å²) in [4.78, 5) is 10.8. The van der Waals surface area contributed by atoms with Crippen LogP contribution in [-0.2, 0) is 9.53 Å². The summed E-state index contributed by atoms with van der Waals surface area (Å²) in [5, 5.41) is 0. The van der Waals surface area contributed by atoms with Crippen LogP contribution in [0, 0.1) is 5.92 Å². The number of hydrogen-bond acceptors (Lipinski definition) is 2. The summed E-state index contributed by atoms with van der Waals surface area (Å²) in [5.74, 6) is 0.727. The molecule has 1 aliphatic carbocycles. The van der Waals surface area contributed by atoms with Crippen molar-refractivity contribution in [1.29, 1.82) is 0 Å². The zero-order valence-corrected chi connectivity index (χ0v) is 7.58. The Balaban J connectivity index is 1.99. The molecule has 1 aliphatic rings. The molecule has 1 rings (SSSR count). The van der Waals surface area contributed by atoms with Gasteiger partial charge in [-0.1, -0.05) is 18.9 Å². The first-order chi connectivity index (χ1) is 5.83. The summed E-state index contributed by atoms with van der Waals surface area (Å²) in [7, 11) is 0. The maximum absolute atomic E-state index is 10.8. The molecule has 12 heavy (non-hydrogen) atoms. The van der Waals surface area contributed by atoms with Crippen molar-refractivity contribution in [2.24, 2.45) is 5.92 Å². The first-order valence-corrected chi connectivity index (χ1v) is 4.66. The van der Waals surface area contributed by atoms with Gasteiger partial charge < -0.3 is 4.74 Å². The smallest absolute Gasteiger partial charge is 0.330 e. The van der Waals surface area contributed by atoms with Crippen LogP contribution in [0.25, 0.3) is 0 Å². The van der Waals surface area contributed by atoms with Crippen LogP contribution in [0.3, 0.4) is 0 Å². The third-order valence-electron chi connectivity index (χ3n) is 1.98. The third-order valence-corrected chi connectivity index (χ3v) is 1.98. The van der Waals surface area contributed by atoms with Crippen molar-refractivity contribution in [1.82, 2.24) is 0 Å². The lowest BCUT2D eigenvalue weighted by molar-refractivity contribution is -0.137. The van der Waals surface area contributed by atoms with Crippen LogP contribution in [0.15, 0.2) is 12.2 Å². The van der Waals surface area contributed by atoms with Crippen LogP contribution in [0.1, 0.15) is 32.6 Å². The first kappa shape index (κ1) is 9.30. The predicted octanol–water partition coefficient (Wildman–Crippen LogP) is 2.30. The van der Waals surface area contributed by atoms with Crippen LogP contribution in [0.4, 0.5) is 0 Å². The number of ether oxygens (including phenoxy) is 1. The highest BCUT2D eigenvalue weighted by molar-refractivity contribution is 5.81. The average Bonchev–Trinajstić information content (AvgIpc) is 2.82. The molecule has 0 aliphatic heterocycles. The van der Waals surface area contributed by atoms with Gasteiger partial charge in [-0.25, -0.2) is 4.79 Å². The van der Waals surface area contributed by atoms with E-state index in [4.69, 9.17) is 4.74 Å². The molecule has 0 bridgehead atoms. The molecule has 0 unspecified atom stereocenters. The normalized spacial score (nSPS) is 16.8. The summed E-state index contributed by atoms with van der Waals surface area (Å²) in [5.41, 5.74) is 0. The van der Waals surface area contributed by atoms with Crippen molar-refractivity contribution < 1.29 is 9.53 Å². The molecule has 0 aromatic carbocycles. The Morgan fingerprint density at radius 3 is 2.92 bits per heavy atom. The predicted molar refractivity (Wildman–Crippen MR) is 47.7 cm³/mol.